The fraction of sp³-hybridized carbons (Fsp3) is 0.714. The number of rotatable bonds is 5. The molecule has 3 nitrogen and oxygen atoms in total. The van der Waals surface area contributed by atoms with Crippen molar-refractivity contribution in [2.24, 2.45) is 5.92 Å². The van der Waals surface area contributed by atoms with E-state index >= 15 is 0 Å². The normalized spacial score (nSPS) is 25.6. The molecule has 0 radical (unpaired) electrons. The van der Waals surface area contributed by atoms with Gasteiger partial charge in [-0.05, 0) is 59.1 Å². The van der Waals surface area contributed by atoms with Crippen LogP contribution in [0.4, 0.5) is 0 Å². The Bertz CT molecular complexity index is 541. The lowest BCUT2D eigenvalue weighted by molar-refractivity contribution is 0.278. The Morgan fingerprint density at radius 2 is 2.25 bits per heavy atom. The molecule has 0 amide bonds. The van der Waals surface area contributed by atoms with Crippen LogP contribution in [0.5, 0.6) is 0 Å². The molecule has 1 aliphatic rings. The molecule has 3 unspecified atom stereocenters. The zero-order valence-electron chi connectivity index (χ0n) is 11.9. The van der Waals surface area contributed by atoms with Gasteiger partial charge in [-0.1, -0.05) is 13.3 Å². The molecule has 1 aliphatic carbocycles. The zero-order chi connectivity index (χ0) is 14.8. The van der Waals surface area contributed by atoms with E-state index in [4.69, 9.17) is 0 Å². The highest BCUT2D eigenvalue weighted by atomic mass is 79.9. The minimum absolute atomic E-state index is 0.166. The van der Waals surface area contributed by atoms with Crippen LogP contribution in [0.1, 0.15) is 43.5 Å². The highest BCUT2D eigenvalue weighted by Gasteiger charge is 2.34. The van der Waals surface area contributed by atoms with E-state index in [1.807, 2.05) is 0 Å². The van der Waals surface area contributed by atoms with Crippen molar-refractivity contribution in [3.63, 3.8) is 0 Å². The average Bonchev–Trinajstić information content (AvgIpc) is 2.81. The highest BCUT2D eigenvalue weighted by Crippen LogP contribution is 2.40. The Labute approximate surface area is 134 Å². The maximum atomic E-state index is 11.8. The van der Waals surface area contributed by atoms with E-state index in [-0.39, 0.29) is 11.3 Å². The molecule has 1 aromatic heterocycles. The van der Waals surface area contributed by atoms with E-state index in [0.717, 1.165) is 36.7 Å². The second-order valence-corrected chi connectivity index (χ2v) is 9.67. The first-order valence-corrected chi connectivity index (χ1v) is 10.7. The molecule has 1 heterocycles. The van der Waals surface area contributed by atoms with Crippen molar-refractivity contribution in [3.8, 4) is 0 Å². The van der Waals surface area contributed by atoms with E-state index in [1.165, 1.54) is 11.1 Å². The van der Waals surface area contributed by atoms with Crippen molar-refractivity contribution >= 4 is 37.1 Å². The number of hydrogen-bond acceptors (Lipinski definition) is 4. The molecular formula is C14H22BrNO2S2. The number of hydrogen-bond donors (Lipinski definition) is 1. The second-order valence-electron chi connectivity index (χ2n) is 5.55. The summed E-state index contributed by atoms with van der Waals surface area (Å²) in [6.07, 6.45) is 5.09. The monoisotopic (exact) mass is 379 g/mol. The predicted molar refractivity (Wildman–Crippen MR) is 89.0 cm³/mol. The summed E-state index contributed by atoms with van der Waals surface area (Å²) in [5, 5.41) is 5.47. The third-order valence-corrected chi connectivity index (χ3v) is 7.69. The summed E-state index contributed by atoms with van der Waals surface area (Å²) < 4.78 is 24.8. The Morgan fingerprint density at radius 1 is 1.50 bits per heavy atom. The number of sulfone groups is 1. The van der Waals surface area contributed by atoms with Crippen molar-refractivity contribution in [1.82, 2.24) is 5.32 Å². The molecule has 6 heteroatoms. The van der Waals surface area contributed by atoms with Gasteiger partial charge in [-0.2, -0.15) is 0 Å². The molecule has 1 N–H and O–H groups in total. The molecule has 20 heavy (non-hydrogen) atoms. The van der Waals surface area contributed by atoms with E-state index in [9.17, 15) is 8.42 Å². The number of nitrogens with one attached hydrogen (secondary N) is 1. The maximum absolute atomic E-state index is 11.8. The summed E-state index contributed by atoms with van der Waals surface area (Å²) in [6.45, 7) is 3.00. The van der Waals surface area contributed by atoms with Crippen LogP contribution in [0.15, 0.2) is 15.9 Å². The largest absolute Gasteiger partial charge is 0.309 e. The van der Waals surface area contributed by atoms with Crippen LogP contribution in [0, 0.1) is 5.92 Å². The van der Waals surface area contributed by atoms with Crippen molar-refractivity contribution in [3.05, 3.63) is 20.8 Å². The zero-order valence-corrected chi connectivity index (χ0v) is 15.2. The quantitative estimate of drug-likeness (QED) is 0.846. The van der Waals surface area contributed by atoms with Crippen molar-refractivity contribution < 1.29 is 8.42 Å². The summed E-state index contributed by atoms with van der Waals surface area (Å²) in [5.41, 5.74) is 0. The van der Waals surface area contributed by atoms with Crippen LogP contribution in [-0.2, 0) is 9.84 Å². The van der Waals surface area contributed by atoms with Crippen LogP contribution < -0.4 is 5.32 Å². The third kappa shape index (κ3) is 3.84. The first kappa shape index (κ1) is 16.5. The summed E-state index contributed by atoms with van der Waals surface area (Å²) in [7, 11) is -2.92. The van der Waals surface area contributed by atoms with E-state index in [1.54, 1.807) is 11.3 Å². The van der Waals surface area contributed by atoms with Gasteiger partial charge in [0.15, 0.2) is 0 Å². The highest BCUT2D eigenvalue weighted by molar-refractivity contribution is 9.10. The maximum Gasteiger partial charge on any atom is 0.150 e. The van der Waals surface area contributed by atoms with Gasteiger partial charge >= 0.3 is 0 Å². The lowest BCUT2D eigenvalue weighted by atomic mass is 9.83. The molecule has 1 fully saturated rings. The van der Waals surface area contributed by atoms with Gasteiger partial charge in [-0.15, -0.1) is 11.3 Å². The van der Waals surface area contributed by atoms with Gasteiger partial charge in [0.1, 0.15) is 9.84 Å². The first-order valence-electron chi connectivity index (χ1n) is 7.08. The SMILES string of the molecule is CCNC(c1sccc1Br)C1CCCC(S(C)(=O)=O)C1. The fourth-order valence-electron chi connectivity index (χ4n) is 3.09. The van der Waals surface area contributed by atoms with Crippen molar-refractivity contribution in [2.45, 2.75) is 43.9 Å². The molecule has 0 aromatic carbocycles. The number of halogens is 1. The van der Waals surface area contributed by atoms with Gasteiger partial charge in [-0.3, -0.25) is 0 Å². The molecule has 0 spiro atoms. The number of thiophene rings is 1. The molecule has 1 saturated carbocycles. The molecule has 0 aliphatic heterocycles. The van der Waals surface area contributed by atoms with E-state index in [2.05, 4.69) is 39.6 Å². The van der Waals surface area contributed by atoms with Crippen LogP contribution in [-0.4, -0.2) is 26.5 Å². The van der Waals surface area contributed by atoms with Gasteiger partial charge in [0.2, 0.25) is 0 Å². The first-order chi connectivity index (χ1) is 9.43. The minimum atomic E-state index is -2.92. The Morgan fingerprint density at radius 3 is 2.80 bits per heavy atom. The van der Waals surface area contributed by atoms with Crippen LogP contribution >= 0.6 is 27.3 Å². The van der Waals surface area contributed by atoms with Crippen LogP contribution in [0.3, 0.4) is 0 Å². The van der Waals surface area contributed by atoms with Gasteiger partial charge in [0, 0.05) is 21.6 Å². The lowest BCUT2D eigenvalue weighted by Gasteiger charge is -2.34. The van der Waals surface area contributed by atoms with Crippen molar-refractivity contribution in [2.75, 3.05) is 12.8 Å². The van der Waals surface area contributed by atoms with Gasteiger partial charge in [0.05, 0.1) is 5.25 Å². The Kier molecular flexibility index (Phi) is 5.68. The average molecular weight is 380 g/mol. The second kappa shape index (κ2) is 6.90. The lowest BCUT2D eigenvalue weighted by Crippen LogP contribution is -2.35. The van der Waals surface area contributed by atoms with Crippen LogP contribution in [0.25, 0.3) is 0 Å². The van der Waals surface area contributed by atoms with Gasteiger partial charge in [-0.25, -0.2) is 8.42 Å². The van der Waals surface area contributed by atoms with Crippen LogP contribution in [0.2, 0.25) is 0 Å². The standard InChI is InChI=1S/C14H22BrNO2S2/c1-3-16-13(14-12(15)7-8-19-14)10-5-4-6-11(9-10)20(2,17)18/h7-8,10-11,13,16H,3-6,9H2,1-2H3. The molecule has 2 rings (SSSR count). The van der Waals surface area contributed by atoms with E-state index in [0.29, 0.717) is 5.92 Å². The molecule has 3 atom stereocenters. The predicted octanol–water partition coefficient (Wildman–Crippen LogP) is 3.76. The topological polar surface area (TPSA) is 46.2 Å². The molecule has 1 aromatic rings. The molecule has 114 valence electrons. The fourth-order valence-corrected chi connectivity index (χ4v) is 6.07. The summed E-state index contributed by atoms with van der Waals surface area (Å²) in [4.78, 5) is 1.30. The van der Waals surface area contributed by atoms with E-state index < -0.39 is 9.84 Å². The summed E-state index contributed by atoms with van der Waals surface area (Å²) in [6, 6.07) is 2.33. The molecular weight excluding hydrogens is 358 g/mol. The third-order valence-electron chi connectivity index (χ3n) is 4.09. The molecule has 0 bridgehead atoms. The smallest absolute Gasteiger partial charge is 0.150 e. The van der Waals surface area contributed by atoms with Crippen molar-refractivity contribution in [1.29, 1.82) is 0 Å². The Balaban J connectivity index is 2.19. The summed E-state index contributed by atoms with van der Waals surface area (Å²) in [5.74, 6) is 0.401. The molecule has 0 saturated heterocycles. The van der Waals surface area contributed by atoms with Gasteiger partial charge in [0.25, 0.3) is 0 Å². The minimum Gasteiger partial charge on any atom is -0.309 e. The van der Waals surface area contributed by atoms with Gasteiger partial charge < -0.3 is 5.32 Å². The summed E-state index contributed by atoms with van der Waals surface area (Å²) >= 11 is 5.35. The Hall–Kier alpha value is 0.0900.